The average molecular weight is 311 g/mol. The molecule has 0 aliphatic heterocycles. The van der Waals surface area contributed by atoms with Gasteiger partial charge in [0.15, 0.2) is 11.5 Å². The topological polar surface area (TPSA) is 68.0 Å². The Morgan fingerprint density at radius 1 is 1.41 bits per heavy atom. The first kappa shape index (κ1) is 10.6. The zero-order chi connectivity index (χ0) is 11.7. The SMILES string of the molecule is Brc1csc(CNc2cncc3nnnn23)c1. The summed E-state index contributed by atoms with van der Waals surface area (Å²) in [5.74, 6) is 0.775. The fourth-order valence-corrected chi connectivity index (χ4v) is 2.81. The lowest BCUT2D eigenvalue weighted by atomic mass is 10.4. The number of halogens is 1. The molecule has 3 aromatic rings. The summed E-state index contributed by atoms with van der Waals surface area (Å²) in [6.45, 7) is 0.719. The minimum absolute atomic E-state index is 0.627. The van der Waals surface area contributed by atoms with Crippen LogP contribution in [0.3, 0.4) is 0 Å². The largest absolute Gasteiger partial charge is 0.364 e. The van der Waals surface area contributed by atoms with E-state index in [2.05, 4.69) is 47.8 Å². The minimum Gasteiger partial charge on any atom is -0.364 e. The van der Waals surface area contributed by atoms with Crippen molar-refractivity contribution in [2.24, 2.45) is 0 Å². The van der Waals surface area contributed by atoms with Gasteiger partial charge in [-0.25, -0.2) is 0 Å². The quantitative estimate of drug-likeness (QED) is 0.801. The Balaban J connectivity index is 1.83. The predicted octanol–water partition coefficient (Wildman–Crippen LogP) is 1.96. The van der Waals surface area contributed by atoms with Crippen molar-refractivity contribution < 1.29 is 0 Å². The molecule has 3 rings (SSSR count). The first-order chi connectivity index (χ1) is 8.33. The molecule has 6 nitrogen and oxygen atoms in total. The van der Waals surface area contributed by atoms with Crippen LogP contribution in [-0.4, -0.2) is 25.0 Å². The second-order valence-corrected chi connectivity index (χ2v) is 5.24. The zero-order valence-electron chi connectivity index (χ0n) is 8.54. The van der Waals surface area contributed by atoms with Crippen molar-refractivity contribution in [1.82, 2.24) is 25.0 Å². The Hall–Kier alpha value is -1.54. The first-order valence-electron chi connectivity index (χ1n) is 4.82. The third-order valence-electron chi connectivity index (χ3n) is 2.17. The van der Waals surface area contributed by atoms with E-state index in [4.69, 9.17) is 0 Å². The molecular weight excluding hydrogens is 304 g/mol. The van der Waals surface area contributed by atoms with Crippen LogP contribution in [0.2, 0.25) is 0 Å². The van der Waals surface area contributed by atoms with Crippen LogP contribution in [0.15, 0.2) is 28.3 Å². The van der Waals surface area contributed by atoms with Crippen molar-refractivity contribution in [3.05, 3.63) is 33.2 Å². The number of rotatable bonds is 3. The summed E-state index contributed by atoms with van der Waals surface area (Å²) in [4.78, 5) is 5.29. The fourth-order valence-electron chi connectivity index (χ4n) is 1.42. The van der Waals surface area contributed by atoms with Gasteiger partial charge in [-0.2, -0.15) is 4.52 Å². The van der Waals surface area contributed by atoms with Crippen LogP contribution in [0.4, 0.5) is 5.82 Å². The van der Waals surface area contributed by atoms with E-state index in [0.29, 0.717) is 5.65 Å². The highest BCUT2D eigenvalue weighted by atomic mass is 79.9. The third-order valence-corrected chi connectivity index (χ3v) is 3.87. The lowest BCUT2D eigenvalue weighted by Gasteiger charge is -2.04. The van der Waals surface area contributed by atoms with E-state index in [1.54, 1.807) is 28.2 Å². The van der Waals surface area contributed by atoms with Crippen molar-refractivity contribution in [2.75, 3.05) is 5.32 Å². The van der Waals surface area contributed by atoms with Gasteiger partial charge >= 0.3 is 0 Å². The molecule has 0 aromatic carbocycles. The number of hydrogen-bond donors (Lipinski definition) is 1. The van der Waals surface area contributed by atoms with E-state index in [9.17, 15) is 0 Å². The van der Waals surface area contributed by atoms with Crippen molar-refractivity contribution in [3.8, 4) is 0 Å². The highest BCUT2D eigenvalue weighted by Crippen LogP contribution is 2.20. The minimum atomic E-state index is 0.627. The molecule has 0 radical (unpaired) electrons. The summed E-state index contributed by atoms with van der Waals surface area (Å²) >= 11 is 5.11. The number of nitrogens with zero attached hydrogens (tertiary/aromatic N) is 5. The van der Waals surface area contributed by atoms with Gasteiger partial charge in [0, 0.05) is 14.7 Å². The number of hydrogen-bond acceptors (Lipinski definition) is 6. The monoisotopic (exact) mass is 310 g/mol. The van der Waals surface area contributed by atoms with Crippen molar-refractivity contribution in [1.29, 1.82) is 0 Å². The number of nitrogens with one attached hydrogen (secondary N) is 1. The maximum Gasteiger partial charge on any atom is 0.199 e. The van der Waals surface area contributed by atoms with E-state index in [1.807, 2.05) is 5.38 Å². The molecule has 1 N–H and O–H groups in total. The van der Waals surface area contributed by atoms with Crippen molar-refractivity contribution >= 4 is 38.7 Å². The second kappa shape index (κ2) is 4.38. The number of tetrazole rings is 1. The number of anilines is 1. The van der Waals surface area contributed by atoms with Gasteiger partial charge in [0.05, 0.1) is 18.9 Å². The second-order valence-electron chi connectivity index (χ2n) is 3.33. The maximum absolute atomic E-state index is 4.07. The van der Waals surface area contributed by atoms with Crippen LogP contribution in [0.25, 0.3) is 5.65 Å². The van der Waals surface area contributed by atoms with Crippen LogP contribution >= 0.6 is 27.3 Å². The molecule has 0 bridgehead atoms. The molecule has 0 spiro atoms. The van der Waals surface area contributed by atoms with Gasteiger partial charge in [-0.15, -0.1) is 16.4 Å². The summed E-state index contributed by atoms with van der Waals surface area (Å²) in [7, 11) is 0. The highest BCUT2D eigenvalue weighted by molar-refractivity contribution is 9.10. The summed E-state index contributed by atoms with van der Waals surface area (Å²) < 4.78 is 2.72. The van der Waals surface area contributed by atoms with Crippen LogP contribution in [0, 0.1) is 0 Å². The highest BCUT2D eigenvalue weighted by Gasteiger charge is 2.04. The Morgan fingerprint density at radius 3 is 3.18 bits per heavy atom. The lowest BCUT2D eigenvalue weighted by molar-refractivity contribution is 0.820. The summed E-state index contributed by atoms with van der Waals surface area (Å²) in [6.07, 6.45) is 3.32. The first-order valence-corrected chi connectivity index (χ1v) is 6.49. The zero-order valence-corrected chi connectivity index (χ0v) is 10.9. The third kappa shape index (κ3) is 2.13. The Bertz CT molecular complexity index is 648. The molecule has 0 atom stereocenters. The van der Waals surface area contributed by atoms with Gasteiger partial charge < -0.3 is 5.32 Å². The van der Waals surface area contributed by atoms with E-state index in [-0.39, 0.29) is 0 Å². The van der Waals surface area contributed by atoms with E-state index in [0.717, 1.165) is 16.8 Å². The molecule has 0 aliphatic carbocycles. The van der Waals surface area contributed by atoms with E-state index >= 15 is 0 Å². The number of aromatic nitrogens is 5. The Morgan fingerprint density at radius 2 is 2.35 bits per heavy atom. The predicted molar refractivity (Wildman–Crippen MR) is 67.9 cm³/mol. The molecular formula is C9H7BrN6S. The smallest absolute Gasteiger partial charge is 0.199 e. The summed E-state index contributed by atoms with van der Waals surface area (Å²) in [6, 6.07) is 2.07. The van der Waals surface area contributed by atoms with Gasteiger partial charge in [-0.05, 0) is 32.4 Å². The number of fused-ring (bicyclic) bond motifs is 1. The van der Waals surface area contributed by atoms with Crippen molar-refractivity contribution in [2.45, 2.75) is 6.54 Å². The fraction of sp³-hybridized carbons (Fsp3) is 0.111. The molecule has 0 saturated carbocycles. The molecule has 0 fully saturated rings. The van der Waals surface area contributed by atoms with Crippen LogP contribution < -0.4 is 5.32 Å². The number of thiophene rings is 1. The normalized spacial score (nSPS) is 10.9. The summed E-state index contributed by atoms with van der Waals surface area (Å²) in [5, 5.41) is 16.6. The van der Waals surface area contributed by atoms with Gasteiger partial charge in [0.25, 0.3) is 0 Å². The Labute approximate surface area is 109 Å². The molecule has 3 heterocycles. The molecule has 0 unspecified atom stereocenters. The molecule has 0 amide bonds. The molecule has 8 heteroatoms. The van der Waals surface area contributed by atoms with E-state index < -0.39 is 0 Å². The van der Waals surface area contributed by atoms with Crippen molar-refractivity contribution in [3.63, 3.8) is 0 Å². The van der Waals surface area contributed by atoms with Crippen LogP contribution in [-0.2, 0) is 6.54 Å². The maximum atomic E-state index is 4.07. The molecule has 3 aromatic heterocycles. The van der Waals surface area contributed by atoms with Crippen LogP contribution in [0.1, 0.15) is 4.88 Å². The Kier molecular flexibility index (Phi) is 2.73. The lowest BCUT2D eigenvalue weighted by Crippen LogP contribution is -2.04. The van der Waals surface area contributed by atoms with E-state index in [1.165, 1.54) is 4.88 Å². The molecule has 0 aliphatic rings. The van der Waals surface area contributed by atoms with Crippen LogP contribution in [0.5, 0.6) is 0 Å². The molecule has 0 saturated heterocycles. The average Bonchev–Trinajstić information content (AvgIpc) is 2.94. The molecule has 17 heavy (non-hydrogen) atoms. The van der Waals surface area contributed by atoms with Gasteiger partial charge in [0.2, 0.25) is 0 Å². The van der Waals surface area contributed by atoms with Gasteiger partial charge in [-0.3, -0.25) is 4.98 Å². The standard InChI is InChI=1S/C9H7BrN6S/c10-6-1-7(17-5-6)2-12-8-3-11-4-9-13-14-15-16(8)9/h1,3-5,12H,2H2. The summed E-state index contributed by atoms with van der Waals surface area (Å²) in [5.41, 5.74) is 0.627. The van der Waals surface area contributed by atoms with Gasteiger partial charge in [0.1, 0.15) is 0 Å². The molecule has 86 valence electrons. The van der Waals surface area contributed by atoms with Gasteiger partial charge in [-0.1, -0.05) is 0 Å².